The van der Waals surface area contributed by atoms with Crippen molar-refractivity contribution in [3.63, 3.8) is 0 Å². The lowest BCUT2D eigenvalue weighted by molar-refractivity contribution is 0.0106. The number of benzene rings is 1. The van der Waals surface area contributed by atoms with Gasteiger partial charge in [-0.05, 0) is 31.9 Å². The Labute approximate surface area is 110 Å². The molecule has 0 aromatic heterocycles. The molecule has 0 aliphatic rings. The van der Waals surface area contributed by atoms with Crippen LogP contribution in [0.15, 0.2) is 24.3 Å². The Morgan fingerprint density at radius 2 is 1.95 bits per heavy atom. The van der Waals surface area contributed by atoms with Crippen molar-refractivity contribution in [2.75, 3.05) is 11.9 Å². The number of unbranched alkanes of at least 4 members (excludes halogenated alkanes) is 1. The molecule has 0 aliphatic carbocycles. The van der Waals surface area contributed by atoms with Gasteiger partial charge in [-0.2, -0.15) is 0 Å². The fourth-order valence-electron chi connectivity index (χ4n) is 1.49. The normalized spacial score (nSPS) is 11.2. The summed E-state index contributed by atoms with van der Waals surface area (Å²) < 4.78 is 38.2. The summed E-state index contributed by atoms with van der Waals surface area (Å²) in [5, 5.41) is 4.83. The average Bonchev–Trinajstić information content (AvgIpc) is 2.30. The number of rotatable bonds is 6. The number of nitrogens with one attached hydrogen (secondary N) is 2. The molecule has 1 aromatic rings. The number of anilines is 1. The number of carbonyl (C=O) groups is 1. The quantitative estimate of drug-likeness (QED) is 0.762. The molecule has 0 radical (unpaired) electrons. The van der Waals surface area contributed by atoms with E-state index in [2.05, 4.69) is 10.6 Å². The number of urea groups is 1. The number of hydrogen-bond donors (Lipinski definition) is 2. The minimum atomic E-state index is -2.67. The first-order valence-corrected chi connectivity index (χ1v) is 6.06. The number of halogens is 3. The maximum absolute atomic E-state index is 13.2. The van der Waals surface area contributed by atoms with Crippen LogP contribution in [0.5, 0.6) is 0 Å². The van der Waals surface area contributed by atoms with Crippen molar-refractivity contribution >= 4 is 11.7 Å². The van der Waals surface area contributed by atoms with Crippen LogP contribution in [0.25, 0.3) is 0 Å². The minimum Gasteiger partial charge on any atom is -0.338 e. The van der Waals surface area contributed by atoms with Crippen LogP contribution in [0.4, 0.5) is 23.7 Å². The van der Waals surface area contributed by atoms with Crippen LogP contribution in [0.2, 0.25) is 0 Å². The Hall–Kier alpha value is -1.72. The Morgan fingerprint density at radius 3 is 2.58 bits per heavy atom. The zero-order valence-electron chi connectivity index (χ0n) is 10.7. The van der Waals surface area contributed by atoms with Crippen molar-refractivity contribution in [2.24, 2.45) is 0 Å². The molecule has 0 unspecified atom stereocenters. The van der Waals surface area contributed by atoms with E-state index < -0.39 is 17.8 Å². The van der Waals surface area contributed by atoms with Crippen LogP contribution in [-0.2, 0) is 0 Å². The SMILES string of the molecule is CC(F)(F)CCCCNC(=O)Nc1ccccc1F. The molecule has 2 amide bonds. The molecule has 0 spiro atoms. The molecule has 6 heteroatoms. The van der Waals surface area contributed by atoms with E-state index in [-0.39, 0.29) is 18.7 Å². The summed E-state index contributed by atoms with van der Waals surface area (Å²) in [6.07, 6.45) is 0.571. The molecule has 0 bridgehead atoms. The van der Waals surface area contributed by atoms with E-state index in [0.717, 1.165) is 6.92 Å². The molecule has 0 fully saturated rings. The molecule has 106 valence electrons. The number of alkyl halides is 2. The van der Waals surface area contributed by atoms with Gasteiger partial charge in [0.2, 0.25) is 5.92 Å². The number of carbonyl (C=O) groups excluding carboxylic acids is 1. The van der Waals surface area contributed by atoms with Gasteiger partial charge < -0.3 is 10.6 Å². The highest BCUT2D eigenvalue weighted by Gasteiger charge is 2.19. The van der Waals surface area contributed by atoms with Gasteiger partial charge in [0, 0.05) is 13.0 Å². The largest absolute Gasteiger partial charge is 0.338 e. The molecule has 0 saturated carbocycles. The maximum Gasteiger partial charge on any atom is 0.319 e. The molecule has 2 N–H and O–H groups in total. The van der Waals surface area contributed by atoms with Crippen LogP contribution in [0.3, 0.4) is 0 Å². The van der Waals surface area contributed by atoms with E-state index in [0.29, 0.717) is 12.8 Å². The third kappa shape index (κ3) is 6.69. The molecule has 3 nitrogen and oxygen atoms in total. The van der Waals surface area contributed by atoms with E-state index in [9.17, 15) is 18.0 Å². The summed E-state index contributed by atoms with van der Waals surface area (Å²) in [5.74, 6) is -3.20. The monoisotopic (exact) mass is 274 g/mol. The first-order chi connectivity index (χ1) is 8.88. The smallest absolute Gasteiger partial charge is 0.319 e. The second-order valence-corrected chi connectivity index (χ2v) is 4.39. The highest BCUT2D eigenvalue weighted by molar-refractivity contribution is 5.89. The average molecular weight is 274 g/mol. The third-order valence-corrected chi connectivity index (χ3v) is 2.45. The number of hydrogen-bond acceptors (Lipinski definition) is 1. The van der Waals surface area contributed by atoms with Crippen LogP contribution in [0, 0.1) is 5.82 Å². The Bertz CT molecular complexity index is 419. The molecule has 0 saturated heterocycles. The van der Waals surface area contributed by atoms with Gasteiger partial charge >= 0.3 is 6.03 Å². The predicted molar refractivity (Wildman–Crippen MR) is 67.9 cm³/mol. The lowest BCUT2D eigenvalue weighted by atomic mass is 10.1. The lowest BCUT2D eigenvalue weighted by Gasteiger charge is -2.10. The Balaban J connectivity index is 2.20. The number of amides is 2. The van der Waals surface area contributed by atoms with E-state index in [1.165, 1.54) is 18.2 Å². The van der Waals surface area contributed by atoms with Gasteiger partial charge in [-0.1, -0.05) is 12.1 Å². The molecule has 0 aliphatic heterocycles. The minimum absolute atomic E-state index is 0.0834. The van der Waals surface area contributed by atoms with Gasteiger partial charge in [0.1, 0.15) is 5.82 Å². The zero-order chi connectivity index (χ0) is 14.3. The van der Waals surface area contributed by atoms with E-state index >= 15 is 0 Å². The summed E-state index contributed by atoms with van der Waals surface area (Å²) in [4.78, 5) is 11.4. The molecular formula is C13H17F3N2O. The summed E-state index contributed by atoms with van der Waals surface area (Å²) >= 11 is 0. The Kier molecular flexibility index (Phi) is 5.66. The van der Waals surface area contributed by atoms with Gasteiger partial charge in [-0.15, -0.1) is 0 Å². The second kappa shape index (κ2) is 7.01. The molecule has 19 heavy (non-hydrogen) atoms. The predicted octanol–water partition coefficient (Wildman–Crippen LogP) is 3.77. The van der Waals surface area contributed by atoms with Gasteiger partial charge in [0.05, 0.1) is 5.69 Å². The van der Waals surface area contributed by atoms with Gasteiger partial charge in [-0.3, -0.25) is 0 Å². The van der Waals surface area contributed by atoms with Crippen molar-refractivity contribution in [2.45, 2.75) is 32.1 Å². The summed E-state index contributed by atoms with van der Waals surface area (Å²) in [5.41, 5.74) is 0.0834. The standard InChI is InChI=1S/C13H17F3N2O/c1-13(15,16)8-4-5-9-17-12(19)18-11-7-3-2-6-10(11)14/h2-3,6-7H,4-5,8-9H2,1H3,(H2,17,18,19). The molecule has 1 rings (SSSR count). The Morgan fingerprint density at radius 1 is 1.26 bits per heavy atom. The number of para-hydroxylation sites is 1. The summed E-state index contributed by atoms with van der Waals surface area (Å²) in [6.45, 7) is 1.14. The summed E-state index contributed by atoms with van der Waals surface area (Å²) in [7, 11) is 0. The van der Waals surface area contributed by atoms with E-state index in [1.807, 2.05) is 0 Å². The third-order valence-electron chi connectivity index (χ3n) is 2.45. The fourth-order valence-corrected chi connectivity index (χ4v) is 1.49. The maximum atomic E-state index is 13.2. The van der Waals surface area contributed by atoms with Crippen LogP contribution in [-0.4, -0.2) is 18.5 Å². The highest BCUT2D eigenvalue weighted by Crippen LogP contribution is 2.19. The molecule has 0 heterocycles. The van der Waals surface area contributed by atoms with Crippen molar-refractivity contribution in [3.05, 3.63) is 30.1 Å². The summed E-state index contributed by atoms with van der Waals surface area (Å²) in [6, 6.07) is 5.24. The van der Waals surface area contributed by atoms with Gasteiger partial charge in [-0.25, -0.2) is 18.0 Å². The van der Waals surface area contributed by atoms with Crippen LogP contribution >= 0.6 is 0 Å². The first kappa shape index (κ1) is 15.3. The van der Waals surface area contributed by atoms with Gasteiger partial charge in [0.15, 0.2) is 0 Å². The zero-order valence-corrected chi connectivity index (χ0v) is 10.7. The van der Waals surface area contributed by atoms with E-state index in [4.69, 9.17) is 0 Å². The van der Waals surface area contributed by atoms with Crippen LogP contribution < -0.4 is 10.6 Å². The van der Waals surface area contributed by atoms with E-state index in [1.54, 1.807) is 6.07 Å². The van der Waals surface area contributed by atoms with Gasteiger partial charge in [0.25, 0.3) is 0 Å². The van der Waals surface area contributed by atoms with Crippen molar-refractivity contribution < 1.29 is 18.0 Å². The lowest BCUT2D eigenvalue weighted by Crippen LogP contribution is -2.30. The highest BCUT2D eigenvalue weighted by atomic mass is 19.3. The molecule has 1 aromatic carbocycles. The van der Waals surface area contributed by atoms with Crippen LogP contribution in [0.1, 0.15) is 26.2 Å². The second-order valence-electron chi connectivity index (χ2n) is 4.39. The molecular weight excluding hydrogens is 257 g/mol. The molecule has 0 atom stereocenters. The fraction of sp³-hybridized carbons (Fsp3) is 0.462. The van der Waals surface area contributed by atoms with Crippen molar-refractivity contribution in [1.82, 2.24) is 5.32 Å². The topological polar surface area (TPSA) is 41.1 Å². The van der Waals surface area contributed by atoms with Crippen molar-refractivity contribution in [3.8, 4) is 0 Å². The van der Waals surface area contributed by atoms with Crippen molar-refractivity contribution in [1.29, 1.82) is 0 Å². The first-order valence-electron chi connectivity index (χ1n) is 6.06.